The molecule has 0 bridgehead atoms. The highest BCUT2D eigenvalue weighted by Gasteiger charge is 2.07. The Morgan fingerprint density at radius 1 is 1.58 bits per heavy atom. The third kappa shape index (κ3) is 6.37. The number of hydrogen-bond acceptors (Lipinski definition) is 2. The van der Waals surface area contributed by atoms with Gasteiger partial charge in [-0.25, -0.2) is 0 Å². The van der Waals surface area contributed by atoms with Gasteiger partial charge in [-0.05, 0) is 25.7 Å². The first-order valence-electron chi connectivity index (χ1n) is 3.93. The molecule has 0 amide bonds. The third-order valence-electron chi connectivity index (χ3n) is 1.88. The van der Waals surface area contributed by atoms with E-state index in [-0.39, 0.29) is 5.75 Å². The minimum atomic E-state index is -3.78. The maximum Gasteiger partial charge on any atom is 0.264 e. The molecule has 72 valence electrons. The van der Waals surface area contributed by atoms with Crippen LogP contribution >= 0.6 is 0 Å². The van der Waals surface area contributed by atoms with E-state index in [9.17, 15) is 8.42 Å². The first-order valence-corrected chi connectivity index (χ1v) is 5.54. The van der Waals surface area contributed by atoms with Crippen molar-refractivity contribution < 1.29 is 13.0 Å². The molecule has 0 heterocycles. The van der Waals surface area contributed by atoms with Gasteiger partial charge in [0.2, 0.25) is 0 Å². The molecule has 0 radical (unpaired) electrons. The van der Waals surface area contributed by atoms with E-state index in [4.69, 9.17) is 4.55 Å². The van der Waals surface area contributed by atoms with Crippen molar-refractivity contribution in [3.05, 3.63) is 12.2 Å². The van der Waals surface area contributed by atoms with Crippen molar-refractivity contribution in [1.29, 1.82) is 0 Å². The molecule has 0 aliphatic carbocycles. The van der Waals surface area contributed by atoms with Gasteiger partial charge in [0.15, 0.2) is 0 Å². The van der Waals surface area contributed by atoms with Gasteiger partial charge >= 0.3 is 0 Å². The molecule has 0 saturated heterocycles. The van der Waals surface area contributed by atoms with Crippen LogP contribution in [0.2, 0.25) is 0 Å². The molecular formula is C8H16O3S. The lowest BCUT2D eigenvalue weighted by molar-refractivity contribution is 0.476. The van der Waals surface area contributed by atoms with Crippen LogP contribution in [0, 0.1) is 5.92 Å². The van der Waals surface area contributed by atoms with Gasteiger partial charge < -0.3 is 0 Å². The summed E-state index contributed by atoms with van der Waals surface area (Å²) in [6.45, 7) is 7.67. The molecule has 3 nitrogen and oxygen atoms in total. The summed E-state index contributed by atoms with van der Waals surface area (Å²) in [6.07, 6.45) is 1.25. The van der Waals surface area contributed by atoms with Gasteiger partial charge in [0.25, 0.3) is 10.1 Å². The summed E-state index contributed by atoms with van der Waals surface area (Å²) in [6, 6.07) is 0. The van der Waals surface area contributed by atoms with Gasteiger partial charge in [0.05, 0.1) is 5.75 Å². The van der Waals surface area contributed by atoms with E-state index in [1.807, 2.05) is 13.8 Å². The Kier molecular flexibility index (Phi) is 4.49. The van der Waals surface area contributed by atoms with Gasteiger partial charge in [-0.1, -0.05) is 19.1 Å². The zero-order valence-corrected chi connectivity index (χ0v) is 8.39. The molecule has 4 heteroatoms. The van der Waals surface area contributed by atoms with Gasteiger partial charge in [0.1, 0.15) is 0 Å². The quantitative estimate of drug-likeness (QED) is 0.534. The van der Waals surface area contributed by atoms with Crippen LogP contribution in [-0.4, -0.2) is 18.7 Å². The second-order valence-corrected chi connectivity index (χ2v) is 4.75. The first-order chi connectivity index (χ1) is 5.33. The average molecular weight is 192 g/mol. The second kappa shape index (κ2) is 4.62. The predicted octanol–water partition coefficient (Wildman–Crippen LogP) is 1.87. The van der Waals surface area contributed by atoms with Crippen molar-refractivity contribution in [1.82, 2.24) is 0 Å². The largest absolute Gasteiger partial charge is 0.286 e. The van der Waals surface area contributed by atoms with E-state index in [2.05, 4.69) is 6.58 Å². The van der Waals surface area contributed by atoms with Crippen LogP contribution in [0.1, 0.15) is 26.7 Å². The molecule has 0 saturated carbocycles. The molecule has 1 atom stereocenters. The van der Waals surface area contributed by atoms with E-state index in [1.165, 1.54) is 0 Å². The van der Waals surface area contributed by atoms with Crippen LogP contribution in [0.15, 0.2) is 12.2 Å². The summed E-state index contributed by atoms with van der Waals surface area (Å²) in [5, 5.41) is 0. The van der Waals surface area contributed by atoms with Gasteiger partial charge in [-0.2, -0.15) is 8.42 Å². The Balaban J connectivity index is 3.65. The zero-order chi connectivity index (χ0) is 9.78. The highest BCUT2D eigenvalue weighted by molar-refractivity contribution is 7.85. The average Bonchev–Trinajstić information content (AvgIpc) is 1.84. The normalized spacial score (nSPS) is 14.2. The van der Waals surface area contributed by atoms with E-state index in [0.717, 1.165) is 12.0 Å². The molecule has 0 fully saturated rings. The molecule has 0 rings (SSSR count). The topological polar surface area (TPSA) is 54.4 Å². The minimum absolute atomic E-state index is 0.148. The van der Waals surface area contributed by atoms with Crippen molar-refractivity contribution in [2.45, 2.75) is 26.7 Å². The van der Waals surface area contributed by atoms with Crippen LogP contribution in [-0.2, 0) is 10.1 Å². The Hall–Kier alpha value is -0.350. The lowest BCUT2D eigenvalue weighted by Crippen LogP contribution is -2.06. The first kappa shape index (κ1) is 11.6. The van der Waals surface area contributed by atoms with Crippen molar-refractivity contribution in [3.8, 4) is 0 Å². The molecule has 1 N–H and O–H groups in total. The van der Waals surface area contributed by atoms with E-state index in [0.29, 0.717) is 12.3 Å². The predicted molar refractivity (Wildman–Crippen MR) is 49.6 cm³/mol. The number of allylic oxidation sites excluding steroid dienone is 1. The molecule has 0 aromatic heterocycles. The highest BCUT2D eigenvalue weighted by atomic mass is 32.2. The molecule has 0 aromatic rings. The summed E-state index contributed by atoms with van der Waals surface area (Å²) in [4.78, 5) is 0. The summed E-state index contributed by atoms with van der Waals surface area (Å²) in [5.41, 5.74) is 1.05. The fourth-order valence-corrected chi connectivity index (χ4v) is 1.35. The standard InChI is InChI=1S/C8H16O3S/c1-7(2)8(3)5-4-6-12(9,10)11/h8H,1,4-6H2,2-3H3,(H,9,10,11)/t8-/m1/s1. The molecule has 0 spiro atoms. The van der Waals surface area contributed by atoms with Crippen molar-refractivity contribution in [3.63, 3.8) is 0 Å². The smallest absolute Gasteiger partial charge is 0.264 e. The molecular weight excluding hydrogens is 176 g/mol. The van der Waals surface area contributed by atoms with E-state index in [1.54, 1.807) is 0 Å². The molecule has 0 aliphatic rings. The molecule has 0 aliphatic heterocycles. The Bertz CT molecular complexity index is 241. The summed E-state index contributed by atoms with van der Waals surface area (Å²) < 4.78 is 29.1. The molecule has 0 aromatic carbocycles. The lowest BCUT2D eigenvalue weighted by Gasteiger charge is -2.08. The Labute approximate surface area is 74.2 Å². The highest BCUT2D eigenvalue weighted by Crippen LogP contribution is 2.13. The Morgan fingerprint density at radius 2 is 2.08 bits per heavy atom. The van der Waals surface area contributed by atoms with E-state index < -0.39 is 10.1 Å². The summed E-state index contributed by atoms with van der Waals surface area (Å²) in [5.74, 6) is 0.177. The maximum atomic E-state index is 10.3. The second-order valence-electron chi connectivity index (χ2n) is 3.18. The lowest BCUT2D eigenvalue weighted by atomic mass is 9.99. The summed E-state index contributed by atoms with van der Waals surface area (Å²) >= 11 is 0. The zero-order valence-electron chi connectivity index (χ0n) is 7.58. The Morgan fingerprint density at radius 3 is 2.42 bits per heavy atom. The fraction of sp³-hybridized carbons (Fsp3) is 0.750. The summed E-state index contributed by atoms with van der Waals surface area (Å²) in [7, 11) is -3.78. The third-order valence-corrected chi connectivity index (χ3v) is 2.69. The van der Waals surface area contributed by atoms with Crippen LogP contribution in [0.4, 0.5) is 0 Å². The van der Waals surface area contributed by atoms with Crippen molar-refractivity contribution in [2.75, 3.05) is 5.75 Å². The molecule has 0 unspecified atom stereocenters. The van der Waals surface area contributed by atoms with Gasteiger partial charge in [-0.3, -0.25) is 4.55 Å². The van der Waals surface area contributed by atoms with Gasteiger partial charge in [-0.15, -0.1) is 0 Å². The van der Waals surface area contributed by atoms with Crippen molar-refractivity contribution >= 4 is 10.1 Å². The van der Waals surface area contributed by atoms with E-state index >= 15 is 0 Å². The number of rotatable bonds is 5. The van der Waals surface area contributed by atoms with Crippen LogP contribution in [0.25, 0.3) is 0 Å². The van der Waals surface area contributed by atoms with Crippen molar-refractivity contribution in [2.24, 2.45) is 5.92 Å². The molecule has 12 heavy (non-hydrogen) atoms. The van der Waals surface area contributed by atoms with Gasteiger partial charge in [0, 0.05) is 0 Å². The van der Waals surface area contributed by atoms with Crippen LogP contribution in [0.5, 0.6) is 0 Å². The monoisotopic (exact) mass is 192 g/mol. The van der Waals surface area contributed by atoms with Crippen LogP contribution in [0.3, 0.4) is 0 Å². The number of hydrogen-bond donors (Lipinski definition) is 1. The minimum Gasteiger partial charge on any atom is -0.286 e. The SMILES string of the molecule is C=C(C)[C@H](C)CCCS(=O)(=O)O. The van der Waals surface area contributed by atoms with Crippen LogP contribution < -0.4 is 0 Å². The fourth-order valence-electron chi connectivity index (χ4n) is 0.818. The maximum absolute atomic E-state index is 10.3.